The summed E-state index contributed by atoms with van der Waals surface area (Å²) in [5.41, 5.74) is 3.92. The molecule has 2 N–H and O–H groups in total. The molecule has 1 aromatic carbocycles. The van der Waals surface area contributed by atoms with Crippen LogP contribution >= 0.6 is 0 Å². The van der Waals surface area contributed by atoms with Crippen LogP contribution in [0.1, 0.15) is 18.2 Å². The molecule has 0 bridgehead atoms. The highest BCUT2D eigenvalue weighted by Gasteiger charge is 2.12. The number of hydrogen-bond donors (Lipinski definition) is 2. The molecule has 0 fully saturated rings. The molecule has 0 saturated heterocycles. The monoisotopic (exact) mass is 297 g/mol. The molecule has 3 rings (SSSR count). The van der Waals surface area contributed by atoms with Crippen LogP contribution in [0.3, 0.4) is 0 Å². The van der Waals surface area contributed by atoms with Crippen molar-refractivity contribution in [2.45, 2.75) is 26.8 Å². The fourth-order valence-electron chi connectivity index (χ4n) is 2.51. The lowest BCUT2D eigenvalue weighted by molar-refractivity contribution is 0.475. The van der Waals surface area contributed by atoms with Gasteiger partial charge in [-0.2, -0.15) is 5.10 Å². The van der Waals surface area contributed by atoms with Gasteiger partial charge in [-0.1, -0.05) is 12.1 Å². The number of nitrogens with zero attached hydrogens (tertiary/aromatic N) is 4. The van der Waals surface area contributed by atoms with Crippen molar-refractivity contribution in [3.8, 4) is 5.75 Å². The Morgan fingerprint density at radius 1 is 1.18 bits per heavy atom. The molecule has 6 heteroatoms. The van der Waals surface area contributed by atoms with E-state index in [9.17, 15) is 5.11 Å². The Hall–Kier alpha value is -2.63. The Kier molecular flexibility index (Phi) is 3.91. The third kappa shape index (κ3) is 2.72. The molecule has 0 amide bonds. The van der Waals surface area contributed by atoms with Crippen molar-refractivity contribution in [1.82, 2.24) is 19.7 Å². The van der Waals surface area contributed by atoms with Gasteiger partial charge in [0.1, 0.15) is 23.1 Å². The van der Waals surface area contributed by atoms with Gasteiger partial charge in [0.2, 0.25) is 0 Å². The fourth-order valence-corrected chi connectivity index (χ4v) is 2.51. The number of rotatable bonds is 5. The molecule has 6 nitrogen and oxygen atoms in total. The van der Waals surface area contributed by atoms with Crippen molar-refractivity contribution in [3.63, 3.8) is 0 Å². The summed E-state index contributed by atoms with van der Waals surface area (Å²) >= 11 is 0. The maximum absolute atomic E-state index is 9.30. The number of anilines is 1. The normalized spacial score (nSPS) is 11.0. The van der Waals surface area contributed by atoms with Gasteiger partial charge in [-0.05, 0) is 38.0 Å². The molecular formula is C16H19N5O. The average molecular weight is 297 g/mol. The lowest BCUT2D eigenvalue weighted by Gasteiger charge is -2.08. The number of aryl methyl sites for hydroxylation is 2. The summed E-state index contributed by atoms with van der Waals surface area (Å²) in [6.07, 6.45) is 2.42. The third-order valence-electron chi connectivity index (χ3n) is 3.64. The Balaban J connectivity index is 1.77. The molecule has 0 aliphatic heterocycles. The van der Waals surface area contributed by atoms with E-state index in [0.29, 0.717) is 0 Å². The van der Waals surface area contributed by atoms with Crippen molar-refractivity contribution in [3.05, 3.63) is 41.9 Å². The summed E-state index contributed by atoms with van der Waals surface area (Å²) in [6.45, 7) is 5.55. The second-order valence-corrected chi connectivity index (χ2v) is 5.16. The molecule has 2 aromatic heterocycles. The van der Waals surface area contributed by atoms with Crippen molar-refractivity contribution < 1.29 is 5.11 Å². The predicted octanol–water partition coefficient (Wildman–Crippen LogP) is 2.51. The van der Waals surface area contributed by atoms with Crippen LogP contribution in [0.4, 0.5) is 5.82 Å². The maximum Gasteiger partial charge on any atom is 0.155 e. The molecule has 3 aromatic rings. The van der Waals surface area contributed by atoms with E-state index in [2.05, 4.69) is 27.3 Å². The molecule has 22 heavy (non-hydrogen) atoms. The Morgan fingerprint density at radius 3 is 2.68 bits per heavy atom. The lowest BCUT2D eigenvalue weighted by atomic mass is 10.1. The zero-order chi connectivity index (χ0) is 15.5. The highest BCUT2D eigenvalue weighted by molar-refractivity contribution is 5.87. The minimum Gasteiger partial charge on any atom is -0.508 e. The summed E-state index contributed by atoms with van der Waals surface area (Å²) in [6, 6.07) is 7.25. The zero-order valence-corrected chi connectivity index (χ0v) is 12.7. The first kappa shape index (κ1) is 14.3. The van der Waals surface area contributed by atoms with E-state index in [4.69, 9.17) is 0 Å². The smallest absolute Gasteiger partial charge is 0.155 e. The SMILES string of the molecule is CCn1nc(C)c2ncnc(NCCc3ccc(O)cc3)c21. The molecule has 0 aliphatic rings. The van der Waals surface area contributed by atoms with Crippen molar-refractivity contribution in [1.29, 1.82) is 0 Å². The molecular weight excluding hydrogens is 278 g/mol. The number of phenols is 1. The molecule has 0 atom stereocenters. The maximum atomic E-state index is 9.30. The third-order valence-corrected chi connectivity index (χ3v) is 3.64. The molecule has 114 valence electrons. The van der Waals surface area contributed by atoms with Crippen LogP contribution in [0.15, 0.2) is 30.6 Å². The lowest BCUT2D eigenvalue weighted by Crippen LogP contribution is -2.09. The Bertz CT molecular complexity index is 779. The van der Waals surface area contributed by atoms with Crippen LogP contribution in [0.25, 0.3) is 11.0 Å². The molecule has 2 heterocycles. The van der Waals surface area contributed by atoms with E-state index in [1.807, 2.05) is 23.7 Å². The molecule has 0 radical (unpaired) electrons. The van der Waals surface area contributed by atoms with Crippen molar-refractivity contribution in [2.75, 3.05) is 11.9 Å². The predicted molar refractivity (Wildman–Crippen MR) is 86.0 cm³/mol. The first-order valence-electron chi connectivity index (χ1n) is 7.39. The van der Waals surface area contributed by atoms with Crippen LogP contribution in [0.5, 0.6) is 5.75 Å². The number of benzene rings is 1. The molecule has 0 spiro atoms. The topological polar surface area (TPSA) is 75.9 Å². The van der Waals surface area contributed by atoms with Crippen LogP contribution < -0.4 is 5.32 Å². The second kappa shape index (κ2) is 6.01. The van der Waals surface area contributed by atoms with Gasteiger partial charge in [0.05, 0.1) is 5.69 Å². The van der Waals surface area contributed by atoms with E-state index < -0.39 is 0 Å². The molecule has 0 saturated carbocycles. The average Bonchev–Trinajstić information content (AvgIpc) is 2.87. The highest BCUT2D eigenvalue weighted by Crippen LogP contribution is 2.21. The van der Waals surface area contributed by atoms with Crippen molar-refractivity contribution >= 4 is 16.9 Å². The van der Waals surface area contributed by atoms with Gasteiger partial charge in [-0.15, -0.1) is 0 Å². The summed E-state index contributed by atoms with van der Waals surface area (Å²) < 4.78 is 1.92. The van der Waals surface area contributed by atoms with E-state index in [1.165, 1.54) is 0 Å². The van der Waals surface area contributed by atoms with Crippen LogP contribution in [-0.4, -0.2) is 31.4 Å². The van der Waals surface area contributed by atoms with E-state index in [0.717, 1.165) is 47.6 Å². The van der Waals surface area contributed by atoms with Gasteiger partial charge in [0, 0.05) is 13.1 Å². The first-order chi connectivity index (χ1) is 10.7. The summed E-state index contributed by atoms with van der Waals surface area (Å²) in [4.78, 5) is 8.67. The summed E-state index contributed by atoms with van der Waals surface area (Å²) in [7, 11) is 0. The quantitative estimate of drug-likeness (QED) is 0.757. The number of fused-ring (bicyclic) bond motifs is 1. The number of aromatic hydroxyl groups is 1. The standard InChI is InChI=1S/C16H19N5O/c1-3-21-15-14(11(2)20-21)18-10-19-16(15)17-9-8-12-4-6-13(22)7-5-12/h4-7,10,22H,3,8-9H2,1-2H3,(H,17,18,19). The van der Waals surface area contributed by atoms with Crippen LogP contribution in [-0.2, 0) is 13.0 Å². The summed E-state index contributed by atoms with van der Waals surface area (Å²) in [5.74, 6) is 1.10. The molecule has 0 unspecified atom stereocenters. The van der Waals surface area contributed by atoms with E-state index in [1.54, 1.807) is 18.5 Å². The van der Waals surface area contributed by atoms with Crippen molar-refractivity contribution in [2.24, 2.45) is 0 Å². The highest BCUT2D eigenvalue weighted by atomic mass is 16.3. The molecule has 0 aliphatic carbocycles. The number of phenolic OH excluding ortho intramolecular Hbond substituents is 1. The Labute approximate surface area is 128 Å². The minimum absolute atomic E-state index is 0.288. The number of aromatic nitrogens is 4. The van der Waals surface area contributed by atoms with E-state index >= 15 is 0 Å². The first-order valence-corrected chi connectivity index (χ1v) is 7.39. The number of hydrogen-bond acceptors (Lipinski definition) is 5. The van der Waals surface area contributed by atoms with Crippen LogP contribution in [0, 0.1) is 6.92 Å². The van der Waals surface area contributed by atoms with Gasteiger partial charge in [0.15, 0.2) is 5.82 Å². The second-order valence-electron chi connectivity index (χ2n) is 5.16. The van der Waals surface area contributed by atoms with Gasteiger partial charge in [-0.3, -0.25) is 4.68 Å². The minimum atomic E-state index is 0.288. The number of nitrogens with one attached hydrogen (secondary N) is 1. The largest absolute Gasteiger partial charge is 0.508 e. The van der Waals surface area contributed by atoms with Crippen LogP contribution in [0.2, 0.25) is 0 Å². The van der Waals surface area contributed by atoms with E-state index in [-0.39, 0.29) is 5.75 Å². The summed E-state index contributed by atoms with van der Waals surface area (Å²) in [5, 5.41) is 17.2. The zero-order valence-electron chi connectivity index (χ0n) is 12.7. The fraction of sp³-hybridized carbons (Fsp3) is 0.312. The van der Waals surface area contributed by atoms with Gasteiger partial charge < -0.3 is 10.4 Å². The Morgan fingerprint density at radius 2 is 1.95 bits per heavy atom. The van der Waals surface area contributed by atoms with Gasteiger partial charge in [-0.25, -0.2) is 9.97 Å². The van der Waals surface area contributed by atoms with Gasteiger partial charge >= 0.3 is 0 Å². The van der Waals surface area contributed by atoms with Gasteiger partial charge in [0.25, 0.3) is 0 Å².